The molecule has 0 heterocycles. The van der Waals surface area contributed by atoms with Gasteiger partial charge in [-0.2, -0.15) is 0 Å². The van der Waals surface area contributed by atoms with Crippen molar-refractivity contribution < 1.29 is 5.11 Å². The molecule has 0 atom stereocenters. The van der Waals surface area contributed by atoms with Crippen molar-refractivity contribution in [3.63, 3.8) is 0 Å². The standard InChI is InChI=1S/C16H12Cl2OS/c17-15-8-7-14(10-16(15)18)20-11-13-5-2-1-4-12(13)6-3-9-19/h1-2,4-5,7-8,10,19H,9,11H2. The lowest BCUT2D eigenvalue weighted by atomic mass is 10.1. The van der Waals surface area contributed by atoms with E-state index in [1.165, 1.54) is 0 Å². The van der Waals surface area contributed by atoms with Crippen molar-refractivity contribution in [1.82, 2.24) is 0 Å². The molecule has 0 fully saturated rings. The largest absolute Gasteiger partial charge is 0.384 e. The number of hydrogen-bond acceptors (Lipinski definition) is 2. The number of benzene rings is 2. The molecule has 0 bridgehead atoms. The SMILES string of the molecule is OCC#Cc1ccccc1CSc1ccc(Cl)c(Cl)c1. The first-order chi connectivity index (χ1) is 9.70. The molecule has 0 aromatic heterocycles. The van der Waals surface area contributed by atoms with Crippen molar-refractivity contribution in [2.75, 3.05) is 6.61 Å². The lowest BCUT2D eigenvalue weighted by Gasteiger charge is -2.05. The minimum Gasteiger partial charge on any atom is -0.384 e. The van der Waals surface area contributed by atoms with E-state index >= 15 is 0 Å². The van der Waals surface area contributed by atoms with Crippen molar-refractivity contribution in [2.24, 2.45) is 0 Å². The highest BCUT2D eigenvalue weighted by molar-refractivity contribution is 7.98. The zero-order valence-corrected chi connectivity index (χ0v) is 12.9. The Kier molecular flexibility index (Phi) is 5.82. The second-order valence-electron chi connectivity index (χ2n) is 3.98. The molecule has 0 saturated carbocycles. The maximum absolute atomic E-state index is 8.78. The second-order valence-corrected chi connectivity index (χ2v) is 5.84. The van der Waals surface area contributed by atoms with Crippen LogP contribution < -0.4 is 0 Å². The van der Waals surface area contributed by atoms with Gasteiger partial charge in [-0.1, -0.05) is 53.2 Å². The fraction of sp³-hybridized carbons (Fsp3) is 0.125. The van der Waals surface area contributed by atoms with Crippen LogP contribution in [0.1, 0.15) is 11.1 Å². The van der Waals surface area contributed by atoms with Gasteiger partial charge in [0.25, 0.3) is 0 Å². The van der Waals surface area contributed by atoms with Crippen LogP contribution in [0.3, 0.4) is 0 Å². The number of aliphatic hydroxyl groups is 1. The van der Waals surface area contributed by atoms with E-state index in [0.29, 0.717) is 10.0 Å². The molecule has 2 aromatic rings. The van der Waals surface area contributed by atoms with E-state index in [1.54, 1.807) is 17.8 Å². The third kappa shape index (κ3) is 4.19. The van der Waals surface area contributed by atoms with Crippen LogP contribution in [0.25, 0.3) is 0 Å². The van der Waals surface area contributed by atoms with Gasteiger partial charge >= 0.3 is 0 Å². The summed E-state index contributed by atoms with van der Waals surface area (Å²) in [5.74, 6) is 6.42. The van der Waals surface area contributed by atoms with E-state index < -0.39 is 0 Å². The zero-order valence-electron chi connectivity index (χ0n) is 10.6. The predicted molar refractivity (Wildman–Crippen MR) is 86.4 cm³/mol. The van der Waals surface area contributed by atoms with E-state index in [2.05, 4.69) is 11.8 Å². The second kappa shape index (κ2) is 7.61. The van der Waals surface area contributed by atoms with Crippen molar-refractivity contribution in [3.8, 4) is 11.8 Å². The minimum atomic E-state index is -0.131. The van der Waals surface area contributed by atoms with Crippen molar-refractivity contribution in [1.29, 1.82) is 0 Å². The molecular formula is C16H12Cl2OS. The van der Waals surface area contributed by atoms with Crippen LogP contribution in [0, 0.1) is 11.8 Å². The average molecular weight is 323 g/mol. The first-order valence-corrected chi connectivity index (χ1v) is 7.70. The Balaban J connectivity index is 2.12. The van der Waals surface area contributed by atoms with E-state index in [1.807, 2.05) is 36.4 Å². The highest BCUT2D eigenvalue weighted by atomic mass is 35.5. The quantitative estimate of drug-likeness (QED) is 0.656. The topological polar surface area (TPSA) is 20.2 Å². The number of hydrogen-bond donors (Lipinski definition) is 1. The Bertz CT molecular complexity index is 659. The number of thioether (sulfide) groups is 1. The Morgan fingerprint density at radius 1 is 1.05 bits per heavy atom. The van der Waals surface area contributed by atoms with Crippen LogP contribution in [-0.4, -0.2) is 11.7 Å². The normalized spacial score (nSPS) is 9.95. The summed E-state index contributed by atoms with van der Waals surface area (Å²) < 4.78 is 0. The molecule has 2 aromatic carbocycles. The monoisotopic (exact) mass is 322 g/mol. The van der Waals surface area contributed by atoms with Crippen LogP contribution >= 0.6 is 35.0 Å². The summed E-state index contributed by atoms with van der Waals surface area (Å²) in [6.45, 7) is -0.131. The number of rotatable bonds is 3. The summed E-state index contributed by atoms with van der Waals surface area (Å²) in [5, 5.41) is 9.90. The van der Waals surface area contributed by atoms with Crippen LogP contribution in [-0.2, 0) is 5.75 Å². The van der Waals surface area contributed by atoms with E-state index in [4.69, 9.17) is 28.3 Å². The van der Waals surface area contributed by atoms with Gasteiger partial charge in [-0.25, -0.2) is 0 Å². The molecule has 0 aliphatic carbocycles. The van der Waals surface area contributed by atoms with Gasteiger partial charge in [0.1, 0.15) is 6.61 Å². The Labute approximate surface area is 132 Å². The third-order valence-electron chi connectivity index (χ3n) is 2.60. The molecule has 0 unspecified atom stereocenters. The van der Waals surface area contributed by atoms with Gasteiger partial charge in [0.2, 0.25) is 0 Å². The summed E-state index contributed by atoms with van der Waals surface area (Å²) in [4.78, 5) is 1.06. The molecule has 102 valence electrons. The molecule has 20 heavy (non-hydrogen) atoms. The molecule has 0 radical (unpaired) electrons. The molecule has 0 aliphatic heterocycles. The fourth-order valence-corrected chi connectivity index (χ4v) is 2.93. The van der Waals surface area contributed by atoms with Crippen LogP contribution in [0.5, 0.6) is 0 Å². The van der Waals surface area contributed by atoms with E-state index in [0.717, 1.165) is 21.8 Å². The fourth-order valence-electron chi connectivity index (χ4n) is 1.63. The molecule has 1 nitrogen and oxygen atoms in total. The molecule has 0 aliphatic rings. The van der Waals surface area contributed by atoms with E-state index in [9.17, 15) is 0 Å². The Morgan fingerprint density at radius 3 is 2.60 bits per heavy atom. The zero-order chi connectivity index (χ0) is 14.4. The van der Waals surface area contributed by atoms with Gasteiger partial charge in [0.05, 0.1) is 10.0 Å². The highest BCUT2D eigenvalue weighted by Gasteiger charge is 2.03. The molecule has 0 spiro atoms. The van der Waals surface area contributed by atoms with Crippen molar-refractivity contribution >= 4 is 35.0 Å². The third-order valence-corrected chi connectivity index (χ3v) is 4.39. The Morgan fingerprint density at radius 2 is 1.85 bits per heavy atom. The summed E-state index contributed by atoms with van der Waals surface area (Å²) in [6.07, 6.45) is 0. The average Bonchev–Trinajstić information content (AvgIpc) is 2.47. The van der Waals surface area contributed by atoms with Crippen molar-refractivity contribution in [2.45, 2.75) is 10.6 Å². The van der Waals surface area contributed by atoms with Gasteiger partial charge in [-0.15, -0.1) is 11.8 Å². The smallest absolute Gasteiger partial charge is 0.104 e. The van der Waals surface area contributed by atoms with Crippen LogP contribution in [0.15, 0.2) is 47.4 Å². The molecular weight excluding hydrogens is 311 g/mol. The first kappa shape index (κ1) is 15.3. The maximum atomic E-state index is 8.78. The summed E-state index contributed by atoms with van der Waals surface area (Å²) in [5.41, 5.74) is 2.07. The van der Waals surface area contributed by atoms with Gasteiger partial charge < -0.3 is 5.11 Å². The summed E-state index contributed by atoms with van der Waals surface area (Å²) >= 11 is 13.6. The summed E-state index contributed by atoms with van der Waals surface area (Å²) in [6, 6.07) is 13.5. The molecule has 2 rings (SSSR count). The van der Waals surface area contributed by atoms with Gasteiger partial charge in [-0.3, -0.25) is 0 Å². The molecule has 4 heteroatoms. The van der Waals surface area contributed by atoms with E-state index in [-0.39, 0.29) is 6.61 Å². The molecule has 1 N–H and O–H groups in total. The molecule has 0 saturated heterocycles. The van der Waals surface area contributed by atoms with Crippen LogP contribution in [0.2, 0.25) is 10.0 Å². The minimum absolute atomic E-state index is 0.131. The maximum Gasteiger partial charge on any atom is 0.104 e. The molecule has 0 amide bonds. The van der Waals surface area contributed by atoms with Crippen molar-refractivity contribution in [3.05, 3.63) is 63.6 Å². The first-order valence-electron chi connectivity index (χ1n) is 5.96. The van der Waals surface area contributed by atoms with Gasteiger partial charge in [0, 0.05) is 16.2 Å². The summed E-state index contributed by atoms with van der Waals surface area (Å²) in [7, 11) is 0. The number of aliphatic hydroxyl groups excluding tert-OH is 1. The van der Waals surface area contributed by atoms with Gasteiger partial charge in [-0.05, 0) is 29.8 Å². The number of halogens is 2. The van der Waals surface area contributed by atoms with Gasteiger partial charge in [0.15, 0.2) is 0 Å². The van der Waals surface area contributed by atoms with Crippen LogP contribution in [0.4, 0.5) is 0 Å². The Hall–Kier alpha value is -1.11. The predicted octanol–water partition coefficient (Wildman–Crippen LogP) is 4.63. The highest BCUT2D eigenvalue weighted by Crippen LogP contribution is 2.30. The lowest BCUT2D eigenvalue weighted by Crippen LogP contribution is -1.87. The lowest BCUT2D eigenvalue weighted by molar-refractivity contribution is 0.350.